The van der Waals surface area contributed by atoms with Gasteiger partial charge in [0.05, 0.1) is 0 Å². The second kappa shape index (κ2) is 5.78. The van der Waals surface area contributed by atoms with Gasteiger partial charge in [0.25, 0.3) is 0 Å². The molecule has 1 atom stereocenters. The average molecular weight is 262 g/mol. The third-order valence-electron chi connectivity index (χ3n) is 2.09. The Balaban J connectivity index is 2.30. The first-order chi connectivity index (χ1) is 6.24. The van der Waals surface area contributed by atoms with E-state index in [1.165, 1.54) is 16.5 Å². The monoisotopic (exact) mass is 261 g/mol. The predicted molar refractivity (Wildman–Crippen MR) is 63.5 cm³/mol. The minimum absolute atomic E-state index is 0.622. The van der Waals surface area contributed by atoms with Crippen LogP contribution in [0.5, 0.6) is 0 Å². The summed E-state index contributed by atoms with van der Waals surface area (Å²) < 4.78 is 1.26. The molecule has 1 rings (SSSR count). The molecule has 3 heteroatoms. The quantitative estimate of drug-likeness (QED) is 0.857. The number of hydrogen-bond acceptors (Lipinski definition) is 2. The van der Waals surface area contributed by atoms with Crippen LogP contribution in [0, 0.1) is 0 Å². The van der Waals surface area contributed by atoms with Gasteiger partial charge in [-0.15, -0.1) is 0 Å². The fourth-order valence-electron chi connectivity index (χ4n) is 1.31. The first-order valence-corrected chi connectivity index (χ1v) is 6.41. The van der Waals surface area contributed by atoms with E-state index in [4.69, 9.17) is 0 Å². The number of nitrogens with one attached hydrogen (secondary N) is 1. The van der Waals surface area contributed by atoms with Gasteiger partial charge < -0.3 is 5.32 Å². The highest BCUT2D eigenvalue weighted by atomic mass is 79.9. The van der Waals surface area contributed by atoms with Gasteiger partial charge in [0.2, 0.25) is 0 Å². The van der Waals surface area contributed by atoms with E-state index >= 15 is 0 Å². The summed E-state index contributed by atoms with van der Waals surface area (Å²) in [6.45, 7) is 5.45. The Labute approximate surface area is 92.7 Å². The van der Waals surface area contributed by atoms with Crippen molar-refractivity contribution in [3.8, 4) is 0 Å². The van der Waals surface area contributed by atoms with Crippen LogP contribution in [0.15, 0.2) is 15.2 Å². The maximum atomic E-state index is 3.55. The fourth-order valence-corrected chi connectivity index (χ4v) is 2.84. The van der Waals surface area contributed by atoms with Crippen molar-refractivity contribution in [1.29, 1.82) is 0 Å². The SMILES string of the molecule is CCNC(C)CCc1cscc1Br. The van der Waals surface area contributed by atoms with E-state index in [9.17, 15) is 0 Å². The molecule has 13 heavy (non-hydrogen) atoms. The Kier molecular flexibility index (Phi) is 4.99. The first-order valence-electron chi connectivity index (χ1n) is 4.68. The molecule has 0 fully saturated rings. The van der Waals surface area contributed by atoms with Crippen molar-refractivity contribution in [3.05, 3.63) is 20.8 Å². The van der Waals surface area contributed by atoms with Gasteiger partial charge in [-0.25, -0.2) is 0 Å². The lowest BCUT2D eigenvalue weighted by Crippen LogP contribution is -2.25. The molecule has 74 valence electrons. The summed E-state index contributed by atoms with van der Waals surface area (Å²) in [5.74, 6) is 0. The molecule has 0 aliphatic carbocycles. The highest BCUT2D eigenvalue weighted by molar-refractivity contribution is 9.10. The van der Waals surface area contributed by atoms with Crippen molar-refractivity contribution in [2.24, 2.45) is 0 Å². The number of aryl methyl sites for hydroxylation is 1. The molecule has 1 N–H and O–H groups in total. The van der Waals surface area contributed by atoms with Gasteiger partial charge in [0.1, 0.15) is 0 Å². The average Bonchev–Trinajstić information content (AvgIpc) is 2.48. The lowest BCUT2D eigenvalue weighted by molar-refractivity contribution is 0.530. The summed E-state index contributed by atoms with van der Waals surface area (Å²) in [5, 5.41) is 7.79. The summed E-state index contributed by atoms with van der Waals surface area (Å²) in [6, 6.07) is 0.622. The van der Waals surface area contributed by atoms with Gasteiger partial charge in [-0.05, 0) is 53.2 Å². The van der Waals surface area contributed by atoms with Crippen LogP contribution in [0.3, 0.4) is 0 Å². The molecular formula is C10H16BrNS. The lowest BCUT2D eigenvalue weighted by atomic mass is 10.1. The molecule has 0 spiro atoms. The molecular weight excluding hydrogens is 246 g/mol. The number of halogens is 1. The zero-order valence-corrected chi connectivity index (χ0v) is 10.5. The molecule has 0 saturated carbocycles. The first kappa shape index (κ1) is 11.2. The van der Waals surface area contributed by atoms with Gasteiger partial charge in [0, 0.05) is 15.9 Å². The standard InChI is InChI=1S/C10H16BrNS/c1-3-12-8(2)4-5-9-6-13-7-10(9)11/h6-8,12H,3-5H2,1-2H3. The Morgan fingerprint density at radius 3 is 2.85 bits per heavy atom. The second-order valence-electron chi connectivity index (χ2n) is 3.24. The summed E-state index contributed by atoms with van der Waals surface area (Å²) in [4.78, 5) is 0. The van der Waals surface area contributed by atoms with Crippen molar-refractivity contribution < 1.29 is 0 Å². The van der Waals surface area contributed by atoms with Crippen LogP contribution in [-0.4, -0.2) is 12.6 Å². The minimum Gasteiger partial charge on any atom is -0.315 e. The molecule has 1 aromatic rings. The molecule has 0 bridgehead atoms. The summed E-state index contributed by atoms with van der Waals surface area (Å²) in [7, 11) is 0. The topological polar surface area (TPSA) is 12.0 Å². The molecule has 0 aromatic carbocycles. The molecule has 1 nitrogen and oxygen atoms in total. The van der Waals surface area contributed by atoms with E-state index in [0.717, 1.165) is 13.0 Å². The molecule has 0 radical (unpaired) electrons. The Morgan fingerprint density at radius 1 is 1.54 bits per heavy atom. The van der Waals surface area contributed by atoms with Crippen LogP contribution in [0.2, 0.25) is 0 Å². The largest absolute Gasteiger partial charge is 0.315 e. The van der Waals surface area contributed by atoms with Gasteiger partial charge in [-0.1, -0.05) is 6.92 Å². The highest BCUT2D eigenvalue weighted by Gasteiger charge is 2.03. The number of thiophene rings is 1. The van der Waals surface area contributed by atoms with E-state index in [1.807, 2.05) is 0 Å². The van der Waals surface area contributed by atoms with Gasteiger partial charge in [-0.2, -0.15) is 11.3 Å². The molecule has 1 aromatic heterocycles. The smallest absolute Gasteiger partial charge is 0.0314 e. The van der Waals surface area contributed by atoms with Crippen molar-refractivity contribution in [2.75, 3.05) is 6.54 Å². The van der Waals surface area contributed by atoms with Crippen LogP contribution in [-0.2, 0) is 6.42 Å². The van der Waals surface area contributed by atoms with E-state index in [2.05, 4.69) is 45.9 Å². The van der Waals surface area contributed by atoms with Crippen LogP contribution in [0.4, 0.5) is 0 Å². The van der Waals surface area contributed by atoms with Crippen molar-refractivity contribution in [3.63, 3.8) is 0 Å². The Hall–Kier alpha value is 0.140. The molecule has 0 saturated heterocycles. The van der Waals surface area contributed by atoms with Crippen LogP contribution >= 0.6 is 27.3 Å². The van der Waals surface area contributed by atoms with Crippen molar-refractivity contribution in [1.82, 2.24) is 5.32 Å². The van der Waals surface area contributed by atoms with E-state index < -0.39 is 0 Å². The normalized spacial score (nSPS) is 13.2. The number of rotatable bonds is 5. The van der Waals surface area contributed by atoms with Crippen LogP contribution in [0.1, 0.15) is 25.8 Å². The third kappa shape index (κ3) is 3.79. The highest BCUT2D eigenvalue weighted by Crippen LogP contribution is 2.22. The maximum absolute atomic E-state index is 3.55. The summed E-state index contributed by atoms with van der Waals surface area (Å²) in [6.07, 6.45) is 2.38. The van der Waals surface area contributed by atoms with E-state index in [-0.39, 0.29) is 0 Å². The zero-order chi connectivity index (χ0) is 9.68. The molecule has 1 heterocycles. The molecule has 0 aliphatic heterocycles. The van der Waals surface area contributed by atoms with Crippen LogP contribution in [0.25, 0.3) is 0 Å². The Morgan fingerprint density at radius 2 is 2.31 bits per heavy atom. The van der Waals surface area contributed by atoms with Gasteiger partial charge >= 0.3 is 0 Å². The minimum atomic E-state index is 0.622. The molecule has 0 aliphatic rings. The Bertz CT molecular complexity index is 247. The lowest BCUT2D eigenvalue weighted by Gasteiger charge is -2.11. The third-order valence-corrected chi connectivity index (χ3v) is 3.92. The summed E-state index contributed by atoms with van der Waals surface area (Å²) in [5.41, 5.74) is 1.44. The predicted octanol–water partition coefficient (Wildman–Crippen LogP) is 3.44. The summed E-state index contributed by atoms with van der Waals surface area (Å²) >= 11 is 5.31. The van der Waals surface area contributed by atoms with E-state index in [0.29, 0.717) is 6.04 Å². The molecule has 0 amide bonds. The maximum Gasteiger partial charge on any atom is 0.0314 e. The molecule has 1 unspecified atom stereocenters. The van der Waals surface area contributed by atoms with Gasteiger partial charge in [0.15, 0.2) is 0 Å². The van der Waals surface area contributed by atoms with Gasteiger partial charge in [-0.3, -0.25) is 0 Å². The second-order valence-corrected chi connectivity index (χ2v) is 4.84. The van der Waals surface area contributed by atoms with Crippen molar-refractivity contribution >= 4 is 27.3 Å². The van der Waals surface area contributed by atoms with Crippen LogP contribution < -0.4 is 5.32 Å². The van der Waals surface area contributed by atoms with E-state index in [1.54, 1.807) is 11.3 Å². The zero-order valence-electron chi connectivity index (χ0n) is 8.14. The number of hydrogen-bond donors (Lipinski definition) is 1. The van der Waals surface area contributed by atoms with Crippen molar-refractivity contribution in [2.45, 2.75) is 32.7 Å². The fraction of sp³-hybridized carbons (Fsp3) is 0.600.